The molecule has 1 aromatic rings. The number of ether oxygens (including phenoxy) is 1. The molecule has 0 fully saturated rings. The number of hydrogen-bond donors (Lipinski definition) is 2. The second-order valence-electron chi connectivity index (χ2n) is 5.96. The standard InChI is InChI=1S/C16H22N2O5S/c1-5-24(22)12-9-7-6-8-11(12)14(20)23-10-13(19)17-15(21)18-16(2,3)4/h6-9H,5,10H2,1-4H3,(H2,17,18,19,21)/t24-/m1/s1. The van der Waals surface area contributed by atoms with Crippen LogP contribution in [0.25, 0.3) is 0 Å². The van der Waals surface area contributed by atoms with Gasteiger partial charge in [0.05, 0.1) is 21.3 Å². The van der Waals surface area contributed by atoms with Gasteiger partial charge in [-0.1, -0.05) is 19.1 Å². The number of rotatable bonds is 5. The topological polar surface area (TPSA) is 102 Å². The summed E-state index contributed by atoms with van der Waals surface area (Å²) in [6, 6.07) is 5.67. The Morgan fingerprint density at radius 2 is 1.79 bits per heavy atom. The van der Waals surface area contributed by atoms with Gasteiger partial charge in [-0.15, -0.1) is 0 Å². The van der Waals surface area contributed by atoms with Gasteiger partial charge in [0.1, 0.15) is 0 Å². The lowest BCUT2D eigenvalue weighted by molar-refractivity contribution is -0.123. The zero-order chi connectivity index (χ0) is 18.3. The minimum absolute atomic E-state index is 0.143. The Hall–Kier alpha value is -2.22. The first kappa shape index (κ1) is 19.8. The molecule has 2 N–H and O–H groups in total. The Labute approximate surface area is 143 Å². The van der Waals surface area contributed by atoms with Gasteiger partial charge < -0.3 is 10.1 Å². The molecular formula is C16H22N2O5S. The van der Waals surface area contributed by atoms with Crippen LogP contribution in [0.15, 0.2) is 29.2 Å². The predicted octanol–water partition coefficient (Wildman–Crippen LogP) is 1.60. The third-order valence-electron chi connectivity index (χ3n) is 2.69. The molecule has 0 heterocycles. The number of carbonyl (C=O) groups excluding carboxylic acids is 3. The monoisotopic (exact) mass is 354 g/mol. The molecule has 0 aliphatic heterocycles. The lowest BCUT2D eigenvalue weighted by Gasteiger charge is -2.20. The van der Waals surface area contributed by atoms with E-state index >= 15 is 0 Å². The Morgan fingerprint density at radius 1 is 1.17 bits per heavy atom. The summed E-state index contributed by atoms with van der Waals surface area (Å²) in [5.41, 5.74) is -0.353. The van der Waals surface area contributed by atoms with Gasteiger partial charge in [0.25, 0.3) is 5.91 Å². The summed E-state index contributed by atoms with van der Waals surface area (Å²) in [5, 5.41) is 4.62. The van der Waals surface area contributed by atoms with Crippen molar-refractivity contribution in [1.29, 1.82) is 0 Å². The van der Waals surface area contributed by atoms with Crippen molar-refractivity contribution in [3.05, 3.63) is 29.8 Å². The van der Waals surface area contributed by atoms with E-state index < -0.39 is 40.9 Å². The smallest absolute Gasteiger partial charge is 0.339 e. The Bertz CT molecular complexity index is 652. The van der Waals surface area contributed by atoms with Crippen LogP contribution in [0.4, 0.5) is 4.79 Å². The van der Waals surface area contributed by atoms with Crippen molar-refractivity contribution in [2.45, 2.75) is 38.1 Å². The first-order valence-electron chi connectivity index (χ1n) is 7.40. The highest BCUT2D eigenvalue weighted by molar-refractivity contribution is 7.85. The van der Waals surface area contributed by atoms with Gasteiger partial charge >= 0.3 is 12.0 Å². The molecule has 0 bridgehead atoms. The maximum Gasteiger partial charge on any atom is 0.339 e. The number of urea groups is 1. The molecule has 1 aromatic carbocycles. The largest absolute Gasteiger partial charge is 0.452 e. The van der Waals surface area contributed by atoms with Crippen LogP contribution in [0.5, 0.6) is 0 Å². The molecule has 132 valence electrons. The molecule has 0 aromatic heterocycles. The molecule has 0 unspecified atom stereocenters. The molecule has 0 saturated heterocycles. The summed E-state index contributed by atoms with van der Waals surface area (Å²) in [4.78, 5) is 35.6. The molecule has 3 amide bonds. The van der Waals surface area contributed by atoms with Crippen molar-refractivity contribution in [1.82, 2.24) is 10.6 Å². The maximum absolute atomic E-state index is 12.1. The molecule has 0 radical (unpaired) electrons. The minimum Gasteiger partial charge on any atom is -0.452 e. The number of carbonyl (C=O) groups is 3. The van der Waals surface area contributed by atoms with Crippen molar-refractivity contribution >= 4 is 28.7 Å². The van der Waals surface area contributed by atoms with E-state index in [9.17, 15) is 18.6 Å². The van der Waals surface area contributed by atoms with Crippen LogP contribution in [-0.4, -0.2) is 40.0 Å². The zero-order valence-electron chi connectivity index (χ0n) is 14.2. The van der Waals surface area contributed by atoms with Crippen LogP contribution in [0, 0.1) is 0 Å². The highest BCUT2D eigenvalue weighted by Crippen LogP contribution is 2.15. The van der Waals surface area contributed by atoms with Crippen LogP contribution in [0.3, 0.4) is 0 Å². The predicted molar refractivity (Wildman–Crippen MR) is 90.1 cm³/mol. The molecular weight excluding hydrogens is 332 g/mol. The van der Waals surface area contributed by atoms with Gasteiger partial charge in [-0.25, -0.2) is 9.59 Å². The van der Waals surface area contributed by atoms with Gasteiger partial charge in [-0.3, -0.25) is 14.3 Å². The van der Waals surface area contributed by atoms with Crippen LogP contribution < -0.4 is 10.6 Å². The van der Waals surface area contributed by atoms with E-state index in [1.807, 2.05) is 0 Å². The fraction of sp³-hybridized carbons (Fsp3) is 0.438. The van der Waals surface area contributed by atoms with Crippen molar-refractivity contribution in [2.24, 2.45) is 0 Å². The highest BCUT2D eigenvalue weighted by atomic mass is 32.2. The summed E-state index contributed by atoms with van der Waals surface area (Å²) in [6.45, 7) is 6.43. The summed E-state index contributed by atoms with van der Waals surface area (Å²) in [5.74, 6) is -1.16. The fourth-order valence-electron chi connectivity index (χ4n) is 1.73. The number of amides is 3. The van der Waals surface area contributed by atoms with Crippen LogP contribution >= 0.6 is 0 Å². The molecule has 1 rings (SSSR count). The van der Waals surface area contributed by atoms with Crippen molar-refractivity contribution in [3.63, 3.8) is 0 Å². The lowest BCUT2D eigenvalue weighted by Crippen LogP contribution is -2.49. The Kier molecular flexibility index (Phi) is 7.09. The second kappa shape index (κ2) is 8.58. The molecule has 24 heavy (non-hydrogen) atoms. The summed E-state index contributed by atoms with van der Waals surface area (Å²) in [6.07, 6.45) is 0. The van der Waals surface area contributed by atoms with Gasteiger partial charge in [0.15, 0.2) is 6.61 Å². The summed E-state index contributed by atoms with van der Waals surface area (Å²) >= 11 is 0. The van der Waals surface area contributed by atoms with Gasteiger partial charge in [-0.2, -0.15) is 0 Å². The van der Waals surface area contributed by atoms with E-state index in [2.05, 4.69) is 10.6 Å². The second-order valence-corrected chi connectivity index (χ2v) is 7.67. The van der Waals surface area contributed by atoms with E-state index in [1.54, 1.807) is 45.9 Å². The number of esters is 1. The molecule has 1 atom stereocenters. The average molecular weight is 354 g/mol. The Balaban J connectivity index is 2.62. The minimum atomic E-state index is -1.32. The van der Waals surface area contributed by atoms with Gasteiger partial charge in [0, 0.05) is 11.3 Å². The third-order valence-corrected chi connectivity index (χ3v) is 4.06. The molecule has 0 aliphatic rings. The quantitative estimate of drug-likeness (QED) is 0.782. The SMILES string of the molecule is CC[S@@](=O)c1ccccc1C(=O)OCC(=O)NC(=O)NC(C)(C)C. The average Bonchev–Trinajstić information content (AvgIpc) is 2.49. The van der Waals surface area contributed by atoms with E-state index in [1.165, 1.54) is 6.07 Å². The molecule has 8 heteroatoms. The molecule has 0 saturated carbocycles. The normalized spacial score (nSPS) is 12.2. The van der Waals surface area contributed by atoms with Gasteiger partial charge in [-0.05, 0) is 32.9 Å². The third kappa shape index (κ3) is 6.49. The summed E-state index contributed by atoms with van der Waals surface area (Å²) in [7, 11) is -1.32. The van der Waals surface area contributed by atoms with Crippen LogP contribution in [0.1, 0.15) is 38.1 Å². The zero-order valence-corrected chi connectivity index (χ0v) is 15.0. The van der Waals surface area contributed by atoms with Crippen LogP contribution in [-0.2, 0) is 20.3 Å². The first-order chi connectivity index (χ1) is 11.1. The van der Waals surface area contributed by atoms with Crippen LogP contribution in [0.2, 0.25) is 0 Å². The van der Waals surface area contributed by atoms with E-state index in [0.29, 0.717) is 10.6 Å². The first-order valence-corrected chi connectivity index (χ1v) is 8.72. The highest BCUT2D eigenvalue weighted by Gasteiger charge is 2.19. The molecule has 7 nitrogen and oxygen atoms in total. The number of benzene rings is 1. The summed E-state index contributed by atoms with van der Waals surface area (Å²) < 4.78 is 16.8. The van der Waals surface area contributed by atoms with Crippen molar-refractivity contribution in [2.75, 3.05) is 12.4 Å². The van der Waals surface area contributed by atoms with Crippen molar-refractivity contribution < 1.29 is 23.3 Å². The van der Waals surface area contributed by atoms with E-state index in [4.69, 9.17) is 4.74 Å². The van der Waals surface area contributed by atoms with E-state index in [0.717, 1.165) is 0 Å². The van der Waals surface area contributed by atoms with Crippen molar-refractivity contribution in [3.8, 4) is 0 Å². The maximum atomic E-state index is 12.1. The van der Waals surface area contributed by atoms with Gasteiger partial charge in [0.2, 0.25) is 0 Å². The number of nitrogens with one attached hydrogen (secondary N) is 2. The van der Waals surface area contributed by atoms with E-state index in [-0.39, 0.29) is 5.56 Å². The molecule has 0 spiro atoms. The lowest BCUT2D eigenvalue weighted by atomic mass is 10.1. The molecule has 0 aliphatic carbocycles. The fourth-order valence-corrected chi connectivity index (χ4v) is 2.67. The number of hydrogen-bond acceptors (Lipinski definition) is 5. The Morgan fingerprint density at radius 3 is 2.38 bits per heavy atom. The number of imide groups is 1.